The first-order valence-corrected chi connectivity index (χ1v) is 14.6. The molecule has 1 aliphatic rings. The van der Waals surface area contributed by atoms with Crippen LogP contribution in [-0.4, -0.2) is 34.6 Å². The number of nitrogens with zero attached hydrogens (tertiary/aromatic N) is 1. The maximum absolute atomic E-state index is 13.7. The van der Waals surface area contributed by atoms with Gasteiger partial charge in [-0.1, -0.05) is 83.4 Å². The Morgan fingerprint density at radius 1 is 0.919 bits per heavy atom. The van der Waals surface area contributed by atoms with Gasteiger partial charge in [0, 0.05) is 29.2 Å². The fourth-order valence-electron chi connectivity index (χ4n) is 4.63. The standard InChI is InChI=1S/C30H32BrFN2O2S/c31-25-14-10-23(11-15-25)19-34(29(35)21-37-20-24-12-16-26(32)17-13-24)28(18-22-6-2-1-3-7-22)30(36)33-27-8-4-5-9-27/h1-3,6-7,10-17,27-28H,4-5,8-9,18-21H2,(H,33,36). The van der Waals surface area contributed by atoms with Crippen molar-refractivity contribution in [1.29, 1.82) is 0 Å². The first-order chi connectivity index (χ1) is 18.0. The van der Waals surface area contributed by atoms with Crippen molar-refractivity contribution in [2.24, 2.45) is 0 Å². The second-order valence-corrected chi connectivity index (χ2v) is 11.4. The minimum absolute atomic E-state index is 0.0856. The minimum atomic E-state index is -0.620. The Morgan fingerprint density at radius 3 is 2.24 bits per heavy atom. The van der Waals surface area contributed by atoms with Gasteiger partial charge in [-0.3, -0.25) is 9.59 Å². The molecule has 1 aliphatic carbocycles. The highest BCUT2D eigenvalue weighted by molar-refractivity contribution is 9.10. The van der Waals surface area contributed by atoms with Crippen LogP contribution in [0.1, 0.15) is 42.4 Å². The van der Waals surface area contributed by atoms with E-state index in [-0.39, 0.29) is 29.4 Å². The fourth-order valence-corrected chi connectivity index (χ4v) is 5.76. The quantitative estimate of drug-likeness (QED) is 0.280. The highest BCUT2D eigenvalue weighted by Crippen LogP contribution is 2.22. The van der Waals surface area contributed by atoms with Crippen LogP contribution in [0.3, 0.4) is 0 Å². The lowest BCUT2D eigenvalue weighted by molar-refractivity contribution is -0.139. The van der Waals surface area contributed by atoms with E-state index >= 15 is 0 Å². The highest BCUT2D eigenvalue weighted by Gasteiger charge is 2.32. The molecule has 1 unspecified atom stereocenters. The average Bonchev–Trinajstić information content (AvgIpc) is 3.42. The van der Waals surface area contributed by atoms with Gasteiger partial charge in [-0.2, -0.15) is 0 Å². The monoisotopic (exact) mass is 582 g/mol. The summed E-state index contributed by atoms with van der Waals surface area (Å²) in [6.45, 7) is 0.346. The number of thioether (sulfide) groups is 1. The third-order valence-electron chi connectivity index (χ3n) is 6.65. The zero-order valence-electron chi connectivity index (χ0n) is 20.7. The number of benzene rings is 3. The van der Waals surface area contributed by atoms with Crippen LogP contribution in [0.15, 0.2) is 83.3 Å². The zero-order valence-corrected chi connectivity index (χ0v) is 23.1. The van der Waals surface area contributed by atoms with Gasteiger partial charge >= 0.3 is 0 Å². The molecule has 0 spiro atoms. The summed E-state index contributed by atoms with van der Waals surface area (Å²) in [4.78, 5) is 29.1. The van der Waals surface area contributed by atoms with E-state index in [1.54, 1.807) is 17.0 Å². The van der Waals surface area contributed by atoms with Crippen molar-refractivity contribution >= 4 is 39.5 Å². The van der Waals surface area contributed by atoms with Crippen LogP contribution in [0.25, 0.3) is 0 Å². The maximum Gasteiger partial charge on any atom is 0.243 e. The van der Waals surface area contributed by atoms with Crippen molar-refractivity contribution in [2.45, 2.75) is 56.5 Å². The van der Waals surface area contributed by atoms with E-state index < -0.39 is 6.04 Å². The fraction of sp³-hybridized carbons (Fsp3) is 0.333. The molecule has 1 atom stereocenters. The van der Waals surface area contributed by atoms with Crippen molar-refractivity contribution in [3.05, 3.63) is 106 Å². The summed E-state index contributed by atoms with van der Waals surface area (Å²) in [6, 6.07) is 23.6. The van der Waals surface area contributed by atoms with Crippen LogP contribution in [0.5, 0.6) is 0 Å². The Morgan fingerprint density at radius 2 is 1.57 bits per heavy atom. The Bertz CT molecular complexity index is 1150. The van der Waals surface area contributed by atoms with E-state index in [4.69, 9.17) is 0 Å². The van der Waals surface area contributed by atoms with E-state index in [0.717, 1.165) is 46.8 Å². The maximum atomic E-state index is 13.7. The molecule has 3 aromatic rings. The van der Waals surface area contributed by atoms with Gasteiger partial charge in [0.15, 0.2) is 0 Å². The van der Waals surface area contributed by atoms with Gasteiger partial charge < -0.3 is 10.2 Å². The number of rotatable bonds is 11. The first-order valence-electron chi connectivity index (χ1n) is 12.7. The average molecular weight is 584 g/mol. The molecule has 0 heterocycles. The van der Waals surface area contributed by atoms with Gasteiger partial charge in [0.1, 0.15) is 11.9 Å². The highest BCUT2D eigenvalue weighted by atomic mass is 79.9. The van der Waals surface area contributed by atoms with Crippen LogP contribution >= 0.6 is 27.7 Å². The molecule has 0 aliphatic heterocycles. The molecule has 0 bridgehead atoms. The summed E-state index contributed by atoms with van der Waals surface area (Å²) in [7, 11) is 0. The lowest BCUT2D eigenvalue weighted by atomic mass is 10.0. The van der Waals surface area contributed by atoms with Crippen LogP contribution in [0.2, 0.25) is 0 Å². The number of nitrogens with one attached hydrogen (secondary N) is 1. The third-order valence-corrected chi connectivity index (χ3v) is 8.16. The van der Waals surface area contributed by atoms with E-state index in [2.05, 4.69) is 21.2 Å². The van der Waals surface area contributed by atoms with Crippen LogP contribution in [0.4, 0.5) is 4.39 Å². The van der Waals surface area contributed by atoms with Gasteiger partial charge in [-0.25, -0.2) is 4.39 Å². The van der Waals surface area contributed by atoms with E-state index in [1.807, 2.05) is 54.6 Å². The van der Waals surface area contributed by atoms with Crippen molar-refractivity contribution in [2.75, 3.05) is 5.75 Å². The molecule has 0 aromatic heterocycles. The molecule has 4 nitrogen and oxygen atoms in total. The molecule has 1 N–H and O–H groups in total. The summed E-state index contributed by atoms with van der Waals surface area (Å²) in [5, 5.41) is 3.23. The molecule has 3 aromatic carbocycles. The van der Waals surface area contributed by atoms with Crippen molar-refractivity contribution in [3.63, 3.8) is 0 Å². The molecular formula is C30H32BrFN2O2S. The zero-order chi connectivity index (χ0) is 26.0. The lowest BCUT2D eigenvalue weighted by Gasteiger charge is -2.32. The van der Waals surface area contributed by atoms with Gasteiger partial charge in [-0.05, 0) is 53.8 Å². The van der Waals surface area contributed by atoms with Gasteiger partial charge in [0.2, 0.25) is 11.8 Å². The molecule has 1 fully saturated rings. The predicted octanol–water partition coefficient (Wildman–Crippen LogP) is 6.52. The van der Waals surface area contributed by atoms with Gasteiger partial charge in [0.05, 0.1) is 5.75 Å². The topological polar surface area (TPSA) is 49.4 Å². The Kier molecular flexibility index (Phi) is 10.2. The summed E-state index contributed by atoms with van der Waals surface area (Å²) >= 11 is 4.95. The molecule has 0 saturated heterocycles. The number of hydrogen-bond acceptors (Lipinski definition) is 3. The van der Waals surface area contributed by atoms with Crippen molar-refractivity contribution in [3.8, 4) is 0 Å². The van der Waals surface area contributed by atoms with Gasteiger partial charge in [-0.15, -0.1) is 11.8 Å². The summed E-state index contributed by atoms with van der Waals surface area (Å²) in [5.41, 5.74) is 2.94. The number of carbonyl (C=O) groups is 2. The largest absolute Gasteiger partial charge is 0.352 e. The Labute approximate surface area is 231 Å². The number of hydrogen-bond donors (Lipinski definition) is 1. The predicted molar refractivity (Wildman–Crippen MR) is 152 cm³/mol. The number of amides is 2. The summed E-state index contributed by atoms with van der Waals surface area (Å²) in [5.74, 6) is 0.371. The molecule has 2 amide bonds. The third kappa shape index (κ3) is 8.44. The van der Waals surface area contributed by atoms with E-state index in [1.165, 1.54) is 23.9 Å². The normalized spacial score (nSPS) is 14.3. The number of halogens is 2. The van der Waals surface area contributed by atoms with Crippen LogP contribution in [-0.2, 0) is 28.3 Å². The molecule has 194 valence electrons. The smallest absolute Gasteiger partial charge is 0.243 e. The van der Waals surface area contributed by atoms with Crippen molar-refractivity contribution < 1.29 is 14.0 Å². The van der Waals surface area contributed by atoms with Crippen molar-refractivity contribution in [1.82, 2.24) is 10.2 Å². The molecule has 37 heavy (non-hydrogen) atoms. The minimum Gasteiger partial charge on any atom is -0.352 e. The molecule has 7 heteroatoms. The van der Waals surface area contributed by atoms with E-state index in [0.29, 0.717) is 18.7 Å². The molecule has 1 saturated carbocycles. The molecule has 0 radical (unpaired) electrons. The Hall–Kier alpha value is -2.64. The summed E-state index contributed by atoms with van der Waals surface area (Å²) < 4.78 is 14.2. The lowest BCUT2D eigenvalue weighted by Crippen LogP contribution is -2.52. The number of carbonyl (C=O) groups excluding carboxylic acids is 2. The SMILES string of the molecule is O=C(NC1CCCC1)C(Cc1ccccc1)N(Cc1ccc(Br)cc1)C(=O)CSCc1ccc(F)cc1. The van der Waals surface area contributed by atoms with E-state index in [9.17, 15) is 14.0 Å². The second kappa shape index (κ2) is 13.8. The molecular weight excluding hydrogens is 551 g/mol. The van der Waals surface area contributed by atoms with Crippen LogP contribution in [0, 0.1) is 5.82 Å². The summed E-state index contributed by atoms with van der Waals surface area (Å²) in [6.07, 6.45) is 4.66. The Balaban J connectivity index is 1.55. The van der Waals surface area contributed by atoms with Crippen LogP contribution < -0.4 is 5.32 Å². The first kappa shape index (κ1) is 27.4. The second-order valence-electron chi connectivity index (χ2n) is 9.46. The van der Waals surface area contributed by atoms with Gasteiger partial charge in [0.25, 0.3) is 0 Å². The molecule has 4 rings (SSSR count).